The smallest absolute Gasteiger partial charge is 0.226 e. The second-order valence-corrected chi connectivity index (χ2v) is 4.96. The van der Waals surface area contributed by atoms with Crippen molar-refractivity contribution in [3.8, 4) is 5.88 Å². The van der Waals surface area contributed by atoms with Crippen LogP contribution in [0.3, 0.4) is 0 Å². The fraction of sp³-hybridized carbons (Fsp3) is 0.667. The van der Waals surface area contributed by atoms with Gasteiger partial charge in [0.25, 0.3) is 0 Å². The molecule has 0 aliphatic rings. The highest BCUT2D eigenvalue weighted by Gasteiger charge is 2.35. The second-order valence-electron chi connectivity index (χ2n) is 4.96. The molecule has 1 rings (SSSR count). The molecule has 0 aliphatic carbocycles. The molecule has 0 atom stereocenters. The van der Waals surface area contributed by atoms with Crippen molar-refractivity contribution < 1.29 is 9.84 Å². The SMILES string of the molecule is CCOc1ccnc(NC(C)(C)C(C)(C)O)n1. The Kier molecular flexibility index (Phi) is 3.93. The Hall–Kier alpha value is -1.36. The monoisotopic (exact) mass is 239 g/mol. The number of anilines is 1. The lowest BCUT2D eigenvalue weighted by Gasteiger charge is -2.37. The number of nitrogens with one attached hydrogen (secondary N) is 1. The van der Waals surface area contributed by atoms with Crippen LogP contribution < -0.4 is 10.1 Å². The van der Waals surface area contributed by atoms with Crippen LogP contribution >= 0.6 is 0 Å². The molecule has 2 N–H and O–H groups in total. The summed E-state index contributed by atoms with van der Waals surface area (Å²) in [6.07, 6.45) is 1.63. The molecule has 1 aromatic heterocycles. The first kappa shape index (κ1) is 13.7. The summed E-state index contributed by atoms with van der Waals surface area (Å²) in [6, 6.07) is 1.70. The van der Waals surface area contributed by atoms with Crippen molar-refractivity contribution in [1.82, 2.24) is 9.97 Å². The maximum absolute atomic E-state index is 10.0. The normalized spacial score (nSPS) is 12.4. The number of ether oxygens (including phenoxy) is 1. The van der Waals surface area contributed by atoms with Crippen LogP contribution in [-0.2, 0) is 0 Å². The molecule has 1 aromatic rings. The van der Waals surface area contributed by atoms with Gasteiger partial charge < -0.3 is 15.2 Å². The molecule has 17 heavy (non-hydrogen) atoms. The van der Waals surface area contributed by atoms with E-state index in [0.29, 0.717) is 18.4 Å². The van der Waals surface area contributed by atoms with Crippen molar-refractivity contribution in [1.29, 1.82) is 0 Å². The Balaban J connectivity index is 2.84. The van der Waals surface area contributed by atoms with Gasteiger partial charge in [0.05, 0.1) is 17.7 Å². The molecule has 1 heterocycles. The lowest BCUT2D eigenvalue weighted by Crippen LogP contribution is -2.51. The molecule has 0 fully saturated rings. The lowest BCUT2D eigenvalue weighted by molar-refractivity contribution is 0.0236. The Labute approximate surface area is 102 Å². The zero-order valence-electron chi connectivity index (χ0n) is 11.1. The van der Waals surface area contributed by atoms with Crippen LogP contribution in [0.15, 0.2) is 12.3 Å². The molecule has 0 saturated carbocycles. The maximum Gasteiger partial charge on any atom is 0.226 e. The van der Waals surface area contributed by atoms with E-state index in [-0.39, 0.29) is 0 Å². The van der Waals surface area contributed by atoms with E-state index in [4.69, 9.17) is 4.74 Å². The number of nitrogens with zero attached hydrogens (tertiary/aromatic N) is 2. The largest absolute Gasteiger partial charge is 0.478 e. The van der Waals surface area contributed by atoms with E-state index in [0.717, 1.165) is 0 Å². The second kappa shape index (κ2) is 4.87. The van der Waals surface area contributed by atoms with Gasteiger partial charge in [-0.05, 0) is 34.6 Å². The molecule has 0 amide bonds. The summed E-state index contributed by atoms with van der Waals surface area (Å²) in [5, 5.41) is 13.1. The summed E-state index contributed by atoms with van der Waals surface area (Å²) in [7, 11) is 0. The summed E-state index contributed by atoms with van der Waals surface area (Å²) in [5.41, 5.74) is -1.43. The number of aromatic nitrogens is 2. The van der Waals surface area contributed by atoms with Gasteiger partial charge >= 0.3 is 0 Å². The van der Waals surface area contributed by atoms with Gasteiger partial charge in [-0.2, -0.15) is 4.98 Å². The van der Waals surface area contributed by atoms with Gasteiger partial charge in [-0.15, -0.1) is 0 Å². The summed E-state index contributed by atoms with van der Waals surface area (Å²) >= 11 is 0. The van der Waals surface area contributed by atoms with Crippen molar-refractivity contribution in [2.45, 2.75) is 45.8 Å². The molecular weight excluding hydrogens is 218 g/mol. The van der Waals surface area contributed by atoms with Crippen molar-refractivity contribution >= 4 is 5.95 Å². The Morgan fingerprint density at radius 3 is 2.53 bits per heavy atom. The summed E-state index contributed by atoms with van der Waals surface area (Å²) in [6.45, 7) is 9.73. The van der Waals surface area contributed by atoms with Gasteiger partial charge in [-0.25, -0.2) is 4.98 Å². The summed E-state index contributed by atoms with van der Waals surface area (Å²) in [4.78, 5) is 8.31. The van der Waals surface area contributed by atoms with E-state index in [1.807, 2.05) is 20.8 Å². The van der Waals surface area contributed by atoms with E-state index in [1.54, 1.807) is 26.1 Å². The minimum atomic E-state index is -0.891. The van der Waals surface area contributed by atoms with Gasteiger partial charge in [0.1, 0.15) is 0 Å². The van der Waals surface area contributed by atoms with E-state index in [9.17, 15) is 5.11 Å². The molecule has 0 unspecified atom stereocenters. The quantitative estimate of drug-likeness (QED) is 0.820. The standard InChI is InChI=1S/C12H21N3O2/c1-6-17-9-7-8-13-10(14-9)15-11(2,3)12(4,5)16/h7-8,16H,6H2,1-5H3,(H,13,14,15). The van der Waals surface area contributed by atoms with Crippen LogP contribution in [0.25, 0.3) is 0 Å². The zero-order chi connectivity index (χ0) is 13.1. The van der Waals surface area contributed by atoms with Crippen molar-refractivity contribution in [2.24, 2.45) is 0 Å². The zero-order valence-corrected chi connectivity index (χ0v) is 11.1. The molecule has 0 bridgehead atoms. The van der Waals surface area contributed by atoms with Gasteiger partial charge in [-0.1, -0.05) is 0 Å². The predicted octanol–water partition coefficient (Wildman–Crippen LogP) is 1.84. The van der Waals surface area contributed by atoms with E-state index < -0.39 is 11.1 Å². The molecule has 5 nitrogen and oxygen atoms in total. The van der Waals surface area contributed by atoms with Gasteiger partial charge in [0.2, 0.25) is 11.8 Å². The van der Waals surface area contributed by atoms with E-state index >= 15 is 0 Å². The molecule has 0 aliphatic heterocycles. The molecule has 0 saturated heterocycles. The first-order valence-electron chi connectivity index (χ1n) is 5.72. The highest BCUT2D eigenvalue weighted by molar-refractivity contribution is 5.32. The molecule has 0 spiro atoms. The van der Waals surface area contributed by atoms with Gasteiger partial charge in [0, 0.05) is 12.3 Å². The molecule has 0 radical (unpaired) electrons. The van der Waals surface area contributed by atoms with Crippen molar-refractivity contribution in [2.75, 3.05) is 11.9 Å². The number of rotatable bonds is 5. The third kappa shape index (κ3) is 3.56. The van der Waals surface area contributed by atoms with Crippen LogP contribution in [-0.4, -0.2) is 32.8 Å². The Morgan fingerprint density at radius 2 is 2.00 bits per heavy atom. The first-order chi connectivity index (χ1) is 7.76. The molecule has 5 heteroatoms. The van der Waals surface area contributed by atoms with E-state index in [1.165, 1.54) is 0 Å². The number of hydrogen-bond acceptors (Lipinski definition) is 5. The predicted molar refractivity (Wildman–Crippen MR) is 67.2 cm³/mol. The number of aliphatic hydroxyl groups is 1. The van der Waals surface area contributed by atoms with Crippen LogP contribution in [0.5, 0.6) is 5.88 Å². The van der Waals surface area contributed by atoms with Crippen LogP contribution in [0.1, 0.15) is 34.6 Å². The third-order valence-electron chi connectivity index (χ3n) is 2.88. The van der Waals surface area contributed by atoms with Crippen molar-refractivity contribution in [3.63, 3.8) is 0 Å². The molecular formula is C12H21N3O2. The average molecular weight is 239 g/mol. The molecule has 0 aromatic carbocycles. The number of hydrogen-bond donors (Lipinski definition) is 2. The van der Waals surface area contributed by atoms with Crippen LogP contribution in [0.2, 0.25) is 0 Å². The minimum Gasteiger partial charge on any atom is -0.478 e. The fourth-order valence-corrected chi connectivity index (χ4v) is 1.06. The Bertz CT molecular complexity index is 372. The fourth-order valence-electron chi connectivity index (χ4n) is 1.06. The average Bonchev–Trinajstić information content (AvgIpc) is 2.16. The minimum absolute atomic E-state index is 0.447. The Morgan fingerprint density at radius 1 is 1.35 bits per heavy atom. The topological polar surface area (TPSA) is 67.3 Å². The highest BCUT2D eigenvalue weighted by Crippen LogP contribution is 2.24. The third-order valence-corrected chi connectivity index (χ3v) is 2.88. The van der Waals surface area contributed by atoms with Crippen molar-refractivity contribution in [3.05, 3.63) is 12.3 Å². The maximum atomic E-state index is 10.0. The van der Waals surface area contributed by atoms with Gasteiger partial charge in [-0.3, -0.25) is 0 Å². The summed E-state index contributed by atoms with van der Waals surface area (Å²) < 4.78 is 5.29. The molecule has 96 valence electrons. The van der Waals surface area contributed by atoms with Crippen LogP contribution in [0, 0.1) is 0 Å². The highest BCUT2D eigenvalue weighted by atomic mass is 16.5. The van der Waals surface area contributed by atoms with Crippen LogP contribution in [0.4, 0.5) is 5.95 Å². The summed E-state index contributed by atoms with van der Waals surface area (Å²) in [5.74, 6) is 0.972. The van der Waals surface area contributed by atoms with E-state index in [2.05, 4.69) is 15.3 Å². The first-order valence-corrected chi connectivity index (χ1v) is 5.72. The van der Waals surface area contributed by atoms with Gasteiger partial charge in [0.15, 0.2) is 0 Å². The lowest BCUT2D eigenvalue weighted by atomic mass is 9.86.